The van der Waals surface area contributed by atoms with E-state index in [9.17, 15) is 13.2 Å². The molecule has 1 fully saturated rings. The van der Waals surface area contributed by atoms with Crippen molar-refractivity contribution in [1.29, 1.82) is 5.26 Å². The summed E-state index contributed by atoms with van der Waals surface area (Å²) in [7, 11) is -3.72. The van der Waals surface area contributed by atoms with Crippen LogP contribution in [0.5, 0.6) is 0 Å². The zero-order chi connectivity index (χ0) is 18.3. The molecular weight excluding hydrogens is 344 g/mol. The average molecular weight is 364 g/mol. The molecule has 2 rings (SSSR count). The minimum atomic E-state index is -3.72. The molecule has 0 radical (unpaired) electrons. The molecule has 4 N–H and O–H groups in total. The number of benzene rings is 1. The van der Waals surface area contributed by atoms with Gasteiger partial charge in [-0.3, -0.25) is 4.79 Å². The molecule has 1 saturated heterocycles. The largest absolute Gasteiger partial charge is 0.386 e. The van der Waals surface area contributed by atoms with Crippen LogP contribution in [-0.2, 0) is 26.1 Å². The van der Waals surface area contributed by atoms with Gasteiger partial charge in [0, 0.05) is 25.9 Å². The van der Waals surface area contributed by atoms with Crippen LogP contribution in [0, 0.1) is 11.3 Å². The Hall–Kier alpha value is -2.41. The molecule has 0 spiro atoms. The first-order valence-electron chi connectivity index (χ1n) is 7.75. The Bertz CT molecular complexity index is 775. The molecule has 1 aliphatic heterocycles. The van der Waals surface area contributed by atoms with Crippen molar-refractivity contribution in [1.82, 2.24) is 10.6 Å². The van der Waals surface area contributed by atoms with Gasteiger partial charge in [-0.15, -0.1) is 0 Å². The molecule has 1 unspecified atom stereocenters. The summed E-state index contributed by atoms with van der Waals surface area (Å²) in [4.78, 5) is 12.0. The fourth-order valence-electron chi connectivity index (χ4n) is 2.32. The predicted octanol–water partition coefficient (Wildman–Crippen LogP) is 0.126. The second kappa shape index (κ2) is 8.62. The van der Waals surface area contributed by atoms with Crippen molar-refractivity contribution in [2.24, 2.45) is 5.14 Å². The van der Waals surface area contributed by atoms with Gasteiger partial charge in [-0.05, 0) is 30.5 Å². The molecule has 1 amide bonds. The zero-order valence-electron chi connectivity index (χ0n) is 13.6. The minimum absolute atomic E-state index is 0.00851. The maximum Gasteiger partial charge on any atom is 0.263 e. The Balaban J connectivity index is 1.85. The molecule has 1 aliphatic rings. The second-order valence-electron chi connectivity index (χ2n) is 5.58. The maximum absolute atomic E-state index is 12.0. The van der Waals surface area contributed by atoms with Crippen molar-refractivity contribution in [3.63, 3.8) is 0 Å². The minimum Gasteiger partial charge on any atom is -0.386 e. The van der Waals surface area contributed by atoms with Gasteiger partial charge >= 0.3 is 0 Å². The Morgan fingerprint density at radius 3 is 2.68 bits per heavy atom. The number of sulfonamides is 1. The van der Waals surface area contributed by atoms with Gasteiger partial charge in [-0.25, -0.2) is 13.6 Å². The average Bonchev–Trinajstić information content (AvgIpc) is 3.10. The van der Waals surface area contributed by atoms with Gasteiger partial charge in [-0.1, -0.05) is 12.1 Å². The number of hydrogen-bond donors (Lipinski definition) is 3. The van der Waals surface area contributed by atoms with Crippen LogP contribution in [0.25, 0.3) is 0 Å². The van der Waals surface area contributed by atoms with E-state index in [2.05, 4.69) is 10.6 Å². The Kier molecular flexibility index (Phi) is 6.52. The highest BCUT2D eigenvalue weighted by atomic mass is 32.2. The normalized spacial score (nSPS) is 17.8. The fraction of sp³-hybridized carbons (Fsp3) is 0.375. The number of nitrogens with zero attached hydrogens (tertiary/aromatic N) is 1. The summed E-state index contributed by atoms with van der Waals surface area (Å²) in [6, 6.07) is 7.84. The van der Waals surface area contributed by atoms with Crippen molar-refractivity contribution < 1.29 is 17.9 Å². The van der Waals surface area contributed by atoms with Crippen molar-refractivity contribution in [3.8, 4) is 6.07 Å². The number of primary sulfonamides is 1. The molecule has 134 valence electrons. The molecule has 0 bridgehead atoms. The monoisotopic (exact) mass is 364 g/mol. The number of nitriles is 1. The van der Waals surface area contributed by atoms with Crippen LogP contribution < -0.4 is 15.8 Å². The molecule has 1 aromatic rings. The highest BCUT2D eigenvalue weighted by Crippen LogP contribution is 2.11. The number of nitrogens with two attached hydrogens (primary N) is 1. The lowest BCUT2D eigenvalue weighted by molar-refractivity contribution is -0.117. The number of nitrogens with one attached hydrogen (secondary N) is 2. The van der Waals surface area contributed by atoms with E-state index in [-0.39, 0.29) is 16.6 Å². The van der Waals surface area contributed by atoms with Crippen LogP contribution in [0.2, 0.25) is 0 Å². The van der Waals surface area contributed by atoms with E-state index >= 15 is 0 Å². The van der Waals surface area contributed by atoms with Crippen molar-refractivity contribution in [2.45, 2.75) is 30.4 Å². The quantitative estimate of drug-likeness (QED) is 0.465. The molecule has 8 nitrogen and oxygen atoms in total. The van der Waals surface area contributed by atoms with Gasteiger partial charge in [-0.2, -0.15) is 5.26 Å². The molecule has 1 aromatic carbocycles. The second-order valence-corrected chi connectivity index (χ2v) is 7.15. The van der Waals surface area contributed by atoms with Crippen LogP contribution in [0.4, 0.5) is 0 Å². The molecule has 1 atom stereocenters. The lowest BCUT2D eigenvalue weighted by atomic mass is 10.2. The summed E-state index contributed by atoms with van der Waals surface area (Å²) in [5, 5.41) is 19.6. The topological polar surface area (TPSA) is 134 Å². The predicted molar refractivity (Wildman–Crippen MR) is 90.3 cm³/mol. The third kappa shape index (κ3) is 5.86. The standard InChI is InChI=1S/C16H20N4O4S/c17-8-13(16(21)20-11-14-2-1-7-24-14)10-19-9-12-3-5-15(6-4-12)25(18,22)23/h3-6,10,14,19H,1-2,7,9,11H2,(H,20,21)(H2,18,22,23)/b13-10-. The Labute approximate surface area is 146 Å². The van der Waals surface area contributed by atoms with Gasteiger partial charge in [0.1, 0.15) is 11.6 Å². The summed E-state index contributed by atoms with van der Waals surface area (Å²) in [6.45, 7) is 1.41. The van der Waals surface area contributed by atoms with Gasteiger partial charge in [0.25, 0.3) is 5.91 Å². The highest BCUT2D eigenvalue weighted by Gasteiger charge is 2.17. The SMILES string of the molecule is N#C/C(=C/NCc1ccc(S(N)(=O)=O)cc1)C(=O)NCC1CCCO1. The zero-order valence-corrected chi connectivity index (χ0v) is 14.4. The van der Waals surface area contributed by atoms with Crippen LogP contribution in [0.15, 0.2) is 40.9 Å². The van der Waals surface area contributed by atoms with E-state index in [1.165, 1.54) is 18.3 Å². The van der Waals surface area contributed by atoms with Gasteiger partial charge < -0.3 is 15.4 Å². The number of rotatable bonds is 7. The summed E-state index contributed by atoms with van der Waals surface area (Å²) < 4.78 is 27.8. The van der Waals surface area contributed by atoms with Gasteiger partial charge in [0.15, 0.2) is 0 Å². The first kappa shape index (κ1) is 18.9. The van der Waals surface area contributed by atoms with Crippen molar-refractivity contribution in [3.05, 3.63) is 41.6 Å². The molecule has 1 heterocycles. The van der Waals surface area contributed by atoms with E-state index in [1.54, 1.807) is 12.1 Å². The number of hydrogen-bond acceptors (Lipinski definition) is 6. The number of ether oxygens (including phenoxy) is 1. The Morgan fingerprint density at radius 1 is 1.40 bits per heavy atom. The third-order valence-corrected chi connectivity index (χ3v) is 4.61. The number of amides is 1. The van der Waals surface area contributed by atoms with E-state index < -0.39 is 15.9 Å². The highest BCUT2D eigenvalue weighted by molar-refractivity contribution is 7.89. The van der Waals surface area contributed by atoms with Crippen LogP contribution in [0.1, 0.15) is 18.4 Å². The van der Waals surface area contributed by atoms with Crippen LogP contribution in [-0.4, -0.2) is 33.6 Å². The van der Waals surface area contributed by atoms with Crippen molar-refractivity contribution >= 4 is 15.9 Å². The van der Waals surface area contributed by atoms with Crippen LogP contribution >= 0.6 is 0 Å². The van der Waals surface area contributed by atoms with E-state index in [0.717, 1.165) is 18.4 Å². The first-order chi connectivity index (χ1) is 11.9. The van der Waals surface area contributed by atoms with Crippen molar-refractivity contribution in [2.75, 3.05) is 13.2 Å². The molecule has 9 heteroatoms. The van der Waals surface area contributed by atoms with Gasteiger partial charge in [0.2, 0.25) is 10.0 Å². The van der Waals surface area contributed by atoms with E-state index in [4.69, 9.17) is 15.1 Å². The molecule has 0 aliphatic carbocycles. The van der Waals surface area contributed by atoms with E-state index in [1.807, 2.05) is 6.07 Å². The summed E-state index contributed by atoms with van der Waals surface area (Å²) in [6.07, 6.45) is 3.22. The number of carbonyl (C=O) groups is 1. The smallest absolute Gasteiger partial charge is 0.263 e. The fourth-order valence-corrected chi connectivity index (χ4v) is 2.84. The molecule has 25 heavy (non-hydrogen) atoms. The summed E-state index contributed by atoms with van der Waals surface area (Å²) in [5.41, 5.74) is 0.736. The molecular formula is C16H20N4O4S. The first-order valence-corrected chi connectivity index (χ1v) is 9.30. The number of carbonyl (C=O) groups excluding carboxylic acids is 1. The summed E-state index contributed by atoms with van der Waals surface area (Å²) in [5.74, 6) is -0.463. The third-order valence-electron chi connectivity index (χ3n) is 3.68. The lowest BCUT2D eigenvalue weighted by Gasteiger charge is -2.10. The summed E-state index contributed by atoms with van der Waals surface area (Å²) >= 11 is 0. The van der Waals surface area contributed by atoms with Crippen LogP contribution in [0.3, 0.4) is 0 Å². The van der Waals surface area contributed by atoms with E-state index in [0.29, 0.717) is 19.7 Å². The lowest BCUT2D eigenvalue weighted by Crippen LogP contribution is -2.32. The molecule has 0 aromatic heterocycles. The maximum atomic E-state index is 12.0. The van der Waals surface area contributed by atoms with Gasteiger partial charge in [0.05, 0.1) is 11.0 Å². The molecule has 0 saturated carbocycles. The Morgan fingerprint density at radius 2 is 2.12 bits per heavy atom.